The maximum absolute atomic E-state index is 11.1. The molecule has 1 aliphatic heterocycles. The molecule has 12 heavy (non-hydrogen) atoms. The van der Waals surface area contributed by atoms with Crippen molar-refractivity contribution in [3.63, 3.8) is 0 Å². The molecule has 0 radical (unpaired) electrons. The van der Waals surface area contributed by atoms with E-state index in [1.54, 1.807) is 6.92 Å². The van der Waals surface area contributed by atoms with Gasteiger partial charge < -0.3 is 5.32 Å². The molecular formula is C6H15ClN2O2S. The van der Waals surface area contributed by atoms with E-state index in [4.69, 9.17) is 0 Å². The van der Waals surface area contributed by atoms with E-state index in [2.05, 4.69) is 5.32 Å². The predicted octanol–water partition coefficient (Wildman–Crippen LogP) is -0.339. The second kappa shape index (κ2) is 4.41. The first kappa shape index (κ1) is 12.2. The lowest BCUT2D eigenvalue weighted by Crippen LogP contribution is -2.59. The average Bonchev–Trinajstić information content (AvgIpc) is 1.85. The van der Waals surface area contributed by atoms with Crippen molar-refractivity contribution < 1.29 is 8.42 Å². The van der Waals surface area contributed by atoms with Crippen LogP contribution in [-0.2, 0) is 10.0 Å². The van der Waals surface area contributed by atoms with Crippen LogP contribution in [0.2, 0.25) is 0 Å². The van der Waals surface area contributed by atoms with Gasteiger partial charge in [-0.2, -0.15) is 4.31 Å². The largest absolute Gasteiger partial charge is 0.314 e. The average molecular weight is 215 g/mol. The maximum atomic E-state index is 11.1. The topological polar surface area (TPSA) is 49.4 Å². The fraction of sp³-hybridized carbons (Fsp3) is 1.00. The number of likely N-dealkylation sites (N-methyl/N-ethyl adjacent to an activating group) is 1. The summed E-state index contributed by atoms with van der Waals surface area (Å²) < 4.78 is 23.8. The number of sulfonamides is 1. The lowest BCUT2D eigenvalue weighted by Gasteiger charge is -2.37. The lowest BCUT2D eigenvalue weighted by molar-refractivity contribution is 0.237. The molecule has 1 N–H and O–H groups in total. The highest BCUT2D eigenvalue weighted by Gasteiger charge is 2.33. The Bertz CT molecular complexity index is 224. The first-order chi connectivity index (χ1) is 5.10. The number of hydrogen-bond donors (Lipinski definition) is 1. The van der Waals surface area contributed by atoms with Crippen molar-refractivity contribution >= 4 is 22.4 Å². The summed E-state index contributed by atoms with van der Waals surface area (Å²) in [5, 5.41) is 3.02. The minimum atomic E-state index is -2.91. The van der Waals surface area contributed by atoms with Crippen LogP contribution in [0.3, 0.4) is 0 Å². The highest BCUT2D eigenvalue weighted by molar-refractivity contribution is 7.89. The summed E-state index contributed by atoms with van der Waals surface area (Å²) in [6.45, 7) is 2.93. The van der Waals surface area contributed by atoms with E-state index >= 15 is 0 Å². The fourth-order valence-corrected chi connectivity index (χ4v) is 2.21. The second-order valence-corrected chi connectivity index (χ2v) is 4.96. The zero-order valence-corrected chi connectivity index (χ0v) is 8.91. The zero-order chi connectivity index (χ0) is 8.48. The molecule has 0 aromatic heterocycles. The minimum Gasteiger partial charge on any atom is -0.314 e. The monoisotopic (exact) mass is 214 g/mol. The molecular weight excluding hydrogens is 200 g/mol. The van der Waals surface area contributed by atoms with Crippen molar-refractivity contribution in [1.82, 2.24) is 9.62 Å². The summed E-state index contributed by atoms with van der Waals surface area (Å²) in [6, 6.07) is 0.358. The van der Waals surface area contributed by atoms with Crippen LogP contribution in [0.25, 0.3) is 0 Å². The van der Waals surface area contributed by atoms with Gasteiger partial charge in [0, 0.05) is 19.1 Å². The molecule has 0 aromatic carbocycles. The number of nitrogens with one attached hydrogen (secondary N) is 1. The van der Waals surface area contributed by atoms with Gasteiger partial charge in [-0.25, -0.2) is 8.42 Å². The SMILES string of the molecule is CCS(=O)(=O)N1CC(NC)C1.Cl. The lowest BCUT2D eigenvalue weighted by atomic mass is 10.2. The van der Waals surface area contributed by atoms with Gasteiger partial charge in [-0.05, 0) is 14.0 Å². The molecule has 1 saturated heterocycles. The van der Waals surface area contributed by atoms with Crippen LogP contribution in [0.4, 0.5) is 0 Å². The smallest absolute Gasteiger partial charge is 0.213 e. The predicted molar refractivity (Wildman–Crippen MR) is 51.1 cm³/mol. The normalized spacial score (nSPS) is 19.8. The zero-order valence-electron chi connectivity index (χ0n) is 7.28. The van der Waals surface area contributed by atoms with Gasteiger partial charge in [0.15, 0.2) is 0 Å². The molecule has 1 aliphatic rings. The van der Waals surface area contributed by atoms with Gasteiger partial charge in [0.25, 0.3) is 0 Å². The summed E-state index contributed by atoms with van der Waals surface area (Å²) in [7, 11) is -1.06. The van der Waals surface area contributed by atoms with Gasteiger partial charge in [-0.3, -0.25) is 0 Å². The molecule has 0 aromatic rings. The second-order valence-electron chi connectivity index (χ2n) is 2.70. The van der Waals surface area contributed by atoms with E-state index in [9.17, 15) is 8.42 Å². The Hall–Kier alpha value is 0.160. The first-order valence-electron chi connectivity index (χ1n) is 3.75. The first-order valence-corrected chi connectivity index (χ1v) is 5.36. The van der Waals surface area contributed by atoms with Crippen molar-refractivity contribution in [2.24, 2.45) is 0 Å². The van der Waals surface area contributed by atoms with Crippen LogP contribution < -0.4 is 5.32 Å². The van der Waals surface area contributed by atoms with E-state index in [1.807, 2.05) is 7.05 Å². The molecule has 0 spiro atoms. The van der Waals surface area contributed by atoms with Crippen LogP contribution in [0.1, 0.15) is 6.92 Å². The number of nitrogens with zero attached hydrogens (tertiary/aromatic N) is 1. The molecule has 0 amide bonds. The van der Waals surface area contributed by atoms with E-state index in [1.165, 1.54) is 4.31 Å². The Morgan fingerprint density at radius 2 is 2.00 bits per heavy atom. The molecule has 0 saturated carbocycles. The van der Waals surface area contributed by atoms with Gasteiger partial charge >= 0.3 is 0 Å². The summed E-state index contributed by atoms with van der Waals surface area (Å²) in [4.78, 5) is 0. The van der Waals surface area contributed by atoms with Gasteiger partial charge in [0.2, 0.25) is 10.0 Å². The summed E-state index contributed by atoms with van der Waals surface area (Å²) >= 11 is 0. The Labute approximate surface area is 79.8 Å². The van der Waals surface area contributed by atoms with Gasteiger partial charge in [0.1, 0.15) is 0 Å². The minimum absolute atomic E-state index is 0. The number of hydrogen-bond acceptors (Lipinski definition) is 3. The number of rotatable bonds is 3. The van der Waals surface area contributed by atoms with Crippen molar-refractivity contribution in [2.45, 2.75) is 13.0 Å². The Balaban J connectivity index is 0.00000121. The third kappa shape index (κ3) is 2.32. The van der Waals surface area contributed by atoms with Crippen molar-refractivity contribution in [3.8, 4) is 0 Å². The Morgan fingerprint density at radius 3 is 2.33 bits per heavy atom. The highest BCUT2D eigenvalue weighted by atomic mass is 35.5. The molecule has 6 heteroatoms. The van der Waals surface area contributed by atoms with Crippen LogP contribution in [0.5, 0.6) is 0 Å². The molecule has 0 bridgehead atoms. The summed E-state index contributed by atoms with van der Waals surface area (Å²) in [5.74, 6) is 0.212. The molecule has 4 nitrogen and oxygen atoms in total. The molecule has 1 rings (SSSR count). The number of halogens is 1. The quantitative estimate of drug-likeness (QED) is 0.700. The molecule has 0 unspecified atom stereocenters. The van der Waals surface area contributed by atoms with Crippen LogP contribution in [0.15, 0.2) is 0 Å². The maximum Gasteiger partial charge on any atom is 0.213 e. The van der Waals surface area contributed by atoms with E-state index in [0.29, 0.717) is 19.1 Å². The fourth-order valence-electron chi connectivity index (χ4n) is 1.03. The molecule has 0 atom stereocenters. The Kier molecular flexibility index (Phi) is 4.47. The van der Waals surface area contributed by atoms with E-state index in [-0.39, 0.29) is 18.2 Å². The molecule has 0 aliphatic carbocycles. The third-order valence-electron chi connectivity index (χ3n) is 2.01. The van der Waals surface area contributed by atoms with Crippen LogP contribution in [-0.4, -0.2) is 44.7 Å². The summed E-state index contributed by atoms with van der Waals surface area (Å²) in [5.41, 5.74) is 0. The highest BCUT2D eigenvalue weighted by Crippen LogP contribution is 2.12. The summed E-state index contributed by atoms with van der Waals surface area (Å²) in [6.07, 6.45) is 0. The van der Waals surface area contributed by atoms with Gasteiger partial charge in [-0.15, -0.1) is 12.4 Å². The van der Waals surface area contributed by atoms with E-state index in [0.717, 1.165) is 0 Å². The molecule has 1 heterocycles. The van der Waals surface area contributed by atoms with Gasteiger partial charge in [-0.1, -0.05) is 0 Å². The van der Waals surface area contributed by atoms with Crippen LogP contribution in [0, 0.1) is 0 Å². The van der Waals surface area contributed by atoms with Crippen molar-refractivity contribution in [1.29, 1.82) is 0 Å². The van der Waals surface area contributed by atoms with Gasteiger partial charge in [0.05, 0.1) is 5.75 Å². The molecule has 1 fully saturated rings. The van der Waals surface area contributed by atoms with Crippen LogP contribution >= 0.6 is 12.4 Å². The van der Waals surface area contributed by atoms with Crippen molar-refractivity contribution in [2.75, 3.05) is 25.9 Å². The standard InChI is InChI=1S/C6H14N2O2S.ClH/c1-3-11(9,10)8-4-6(5-8)7-2;/h6-7H,3-5H2,1-2H3;1H. The molecule has 74 valence electrons. The third-order valence-corrected chi connectivity index (χ3v) is 3.83. The Morgan fingerprint density at radius 1 is 1.50 bits per heavy atom. The van der Waals surface area contributed by atoms with Crippen molar-refractivity contribution in [3.05, 3.63) is 0 Å². The van der Waals surface area contributed by atoms with E-state index < -0.39 is 10.0 Å².